The molecule has 0 heterocycles. The summed E-state index contributed by atoms with van der Waals surface area (Å²) in [5.41, 5.74) is 2.81. The van der Waals surface area contributed by atoms with Crippen molar-refractivity contribution >= 4 is 5.91 Å². The summed E-state index contributed by atoms with van der Waals surface area (Å²) in [5, 5.41) is 12.1. The van der Waals surface area contributed by atoms with Crippen molar-refractivity contribution in [2.75, 3.05) is 6.61 Å². The highest BCUT2D eigenvalue weighted by Gasteiger charge is 2.16. The summed E-state index contributed by atoms with van der Waals surface area (Å²) in [6.45, 7) is 3.89. The van der Waals surface area contributed by atoms with E-state index in [0.29, 0.717) is 5.56 Å². The van der Waals surface area contributed by atoms with Gasteiger partial charge in [-0.2, -0.15) is 0 Å². The molecule has 0 aliphatic heterocycles. The minimum absolute atomic E-state index is 0.0501. The van der Waals surface area contributed by atoms with Crippen molar-refractivity contribution in [3.05, 3.63) is 60.2 Å². The topological polar surface area (TPSA) is 49.3 Å². The molecule has 3 nitrogen and oxygen atoms in total. The Morgan fingerprint density at radius 1 is 1.00 bits per heavy atom. The fraction of sp³-hybridized carbons (Fsp3) is 0.278. The number of benzene rings is 2. The number of carbonyl (C=O) groups excluding carboxylic acids is 1. The second kappa shape index (κ2) is 7.04. The number of amides is 1. The molecule has 110 valence electrons. The Kier molecular flexibility index (Phi) is 5.12. The van der Waals surface area contributed by atoms with Crippen molar-refractivity contribution in [1.82, 2.24) is 5.32 Å². The molecule has 0 saturated heterocycles. The predicted molar refractivity (Wildman–Crippen MR) is 85.1 cm³/mol. The van der Waals surface area contributed by atoms with E-state index in [1.54, 1.807) is 0 Å². The average molecular weight is 283 g/mol. The van der Waals surface area contributed by atoms with E-state index >= 15 is 0 Å². The van der Waals surface area contributed by atoms with Gasteiger partial charge in [-0.25, -0.2) is 0 Å². The smallest absolute Gasteiger partial charge is 0.251 e. The summed E-state index contributed by atoms with van der Waals surface area (Å²) in [6.07, 6.45) is 0. The van der Waals surface area contributed by atoms with Gasteiger partial charge in [0.1, 0.15) is 0 Å². The molecule has 2 aromatic carbocycles. The first-order chi connectivity index (χ1) is 10.1. The van der Waals surface area contributed by atoms with Gasteiger partial charge in [0.05, 0.1) is 12.6 Å². The lowest BCUT2D eigenvalue weighted by molar-refractivity contribution is 0.0897. The Hall–Kier alpha value is -2.13. The summed E-state index contributed by atoms with van der Waals surface area (Å²) in [6, 6.07) is 17.3. The zero-order valence-corrected chi connectivity index (χ0v) is 12.4. The van der Waals surface area contributed by atoms with Crippen molar-refractivity contribution in [3.8, 4) is 11.1 Å². The van der Waals surface area contributed by atoms with E-state index in [9.17, 15) is 9.90 Å². The second-order valence-corrected chi connectivity index (χ2v) is 5.45. The average Bonchev–Trinajstić information content (AvgIpc) is 2.53. The molecule has 0 fully saturated rings. The molecule has 0 bridgehead atoms. The molecule has 1 amide bonds. The van der Waals surface area contributed by atoms with Gasteiger partial charge in [0, 0.05) is 5.56 Å². The molecular weight excluding hydrogens is 262 g/mol. The summed E-state index contributed by atoms with van der Waals surface area (Å²) in [4.78, 5) is 12.1. The van der Waals surface area contributed by atoms with Crippen molar-refractivity contribution in [3.63, 3.8) is 0 Å². The van der Waals surface area contributed by atoms with Crippen LogP contribution in [0.15, 0.2) is 54.6 Å². The van der Waals surface area contributed by atoms with E-state index in [2.05, 4.69) is 5.32 Å². The SMILES string of the molecule is CC(C)C(CO)NC(=O)c1ccc(-c2ccccc2)cc1. The van der Waals surface area contributed by atoms with E-state index in [1.165, 1.54) is 0 Å². The zero-order chi connectivity index (χ0) is 15.2. The largest absolute Gasteiger partial charge is 0.394 e. The van der Waals surface area contributed by atoms with Gasteiger partial charge in [-0.3, -0.25) is 4.79 Å². The van der Waals surface area contributed by atoms with Gasteiger partial charge in [0.25, 0.3) is 5.91 Å². The van der Waals surface area contributed by atoms with Crippen LogP contribution < -0.4 is 5.32 Å². The van der Waals surface area contributed by atoms with Crippen molar-refractivity contribution in [1.29, 1.82) is 0 Å². The summed E-state index contributed by atoms with van der Waals surface area (Å²) >= 11 is 0. The molecule has 0 saturated carbocycles. The van der Waals surface area contributed by atoms with E-state index in [1.807, 2.05) is 68.4 Å². The highest BCUT2D eigenvalue weighted by atomic mass is 16.3. The van der Waals surface area contributed by atoms with Crippen LogP contribution in [-0.4, -0.2) is 23.7 Å². The summed E-state index contributed by atoms with van der Waals surface area (Å²) < 4.78 is 0. The lowest BCUT2D eigenvalue weighted by Crippen LogP contribution is -2.41. The first-order valence-corrected chi connectivity index (χ1v) is 7.19. The zero-order valence-electron chi connectivity index (χ0n) is 12.4. The molecule has 2 aromatic rings. The molecule has 0 spiro atoms. The quantitative estimate of drug-likeness (QED) is 0.886. The highest BCUT2D eigenvalue weighted by Crippen LogP contribution is 2.19. The molecular formula is C18H21NO2. The third kappa shape index (κ3) is 3.92. The van der Waals surface area contributed by atoms with Crippen molar-refractivity contribution in [2.24, 2.45) is 5.92 Å². The van der Waals surface area contributed by atoms with Crippen LogP contribution in [0, 0.1) is 5.92 Å². The maximum atomic E-state index is 12.1. The third-order valence-electron chi connectivity index (χ3n) is 3.57. The minimum atomic E-state index is -0.216. The Morgan fingerprint density at radius 2 is 1.57 bits per heavy atom. The van der Waals surface area contributed by atoms with Gasteiger partial charge in [0.15, 0.2) is 0 Å². The number of hydrogen-bond acceptors (Lipinski definition) is 2. The van der Waals surface area contributed by atoms with Gasteiger partial charge < -0.3 is 10.4 Å². The fourth-order valence-corrected chi connectivity index (χ4v) is 2.12. The molecule has 0 aliphatic rings. The van der Waals surface area contributed by atoms with Gasteiger partial charge in [-0.1, -0.05) is 56.3 Å². The predicted octanol–water partition coefficient (Wildman–Crippen LogP) is 3.10. The molecule has 3 heteroatoms. The molecule has 1 unspecified atom stereocenters. The minimum Gasteiger partial charge on any atom is -0.394 e. The van der Waals surface area contributed by atoms with Crippen LogP contribution in [0.4, 0.5) is 0 Å². The first kappa shape index (κ1) is 15.3. The van der Waals surface area contributed by atoms with Gasteiger partial charge in [-0.05, 0) is 29.2 Å². The van der Waals surface area contributed by atoms with E-state index in [4.69, 9.17) is 0 Å². The number of aliphatic hydroxyl groups excluding tert-OH is 1. The Morgan fingerprint density at radius 3 is 2.10 bits per heavy atom. The number of hydrogen-bond donors (Lipinski definition) is 2. The van der Waals surface area contributed by atoms with Crippen molar-refractivity contribution < 1.29 is 9.90 Å². The molecule has 21 heavy (non-hydrogen) atoms. The molecule has 0 aliphatic carbocycles. The van der Waals surface area contributed by atoms with Crippen LogP contribution in [0.5, 0.6) is 0 Å². The fourth-order valence-electron chi connectivity index (χ4n) is 2.12. The van der Waals surface area contributed by atoms with Crippen LogP contribution in [0.3, 0.4) is 0 Å². The second-order valence-electron chi connectivity index (χ2n) is 5.45. The van der Waals surface area contributed by atoms with Crippen LogP contribution in [0.25, 0.3) is 11.1 Å². The van der Waals surface area contributed by atoms with Crippen LogP contribution in [-0.2, 0) is 0 Å². The van der Waals surface area contributed by atoms with E-state index in [0.717, 1.165) is 11.1 Å². The molecule has 1 atom stereocenters. The maximum Gasteiger partial charge on any atom is 0.251 e. The normalized spacial score (nSPS) is 12.2. The van der Waals surface area contributed by atoms with E-state index in [-0.39, 0.29) is 24.5 Å². The van der Waals surface area contributed by atoms with Gasteiger partial charge in [-0.15, -0.1) is 0 Å². The lowest BCUT2D eigenvalue weighted by atomic mass is 10.0. The molecule has 0 aromatic heterocycles. The molecule has 2 N–H and O–H groups in total. The number of carbonyl (C=O) groups is 1. The molecule has 2 rings (SSSR count). The van der Waals surface area contributed by atoms with Crippen LogP contribution in [0.1, 0.15) is 24.2 Å². The summed E-state index contributed by atoms with van der Waals surface area (Å²) in [5.74, 6) is 0.0462. The van der Waals surface area contributed by atoms with Crippen molar-refractivity contribution in [2.45, 2.75) is 19.9 Å². The lowest BCUT2D eigenvalue weighted by Gasteiger charge is -2.19. The Labute approximate surface area is 125 Å². The Bertz CT molecular complexity index is 576. The highest BCUT2D eigenvalue weighted by molar-refractivity contribution is 5.94. The third-order valence-corrected chi connectivity index (χ3v) is 3.57. The standard InChI is InChI=1S/C18H21NO2/c1-13(2)17(12-20)19-18(21)16-10-8-15(9-11-16)14-6-4-3-5-7-14/h3-11,13,17,20H,12H2,1-2H3,(H,19,21). The number of aliphatic hydroxyl groups is 1. The molecule has 0 radical (unpaired) electrons. The maximum absolute atomic E-state index is 12.1. The number of rotatable bonds is 5. The monoisotopic (exact) mass is 283 g/mol. The summed E-state index contributed by atoms with van der Waals surface area (Å²) in [7, 11) is 0. The van der Waals surface area contributed by atoms with E-state index < -0.39 is 0 Å². The van der Waals surface area contributed by atoms with Gasteiger partial charge >= 0.3 is 0 Å². The first-order valence-electron chi connectivity index (χ1n) is 7.19. The van der Waals surface area contributed by atoms with Crippen LogP contribution >= 0.6 is 0 Å². The van der Waals surface area contributed by atoms with Gasteiger partial charge in [0.2, 0.25) is 0 Å². The van der Waals surface area contributed by atoms with Crippen LogP contribution in [0.2, 0.25) is 0 Å². The Balaban J connectivity index is 2.10. The number of nitrogens with one attached hydrogen (secondary N) is 1.